The third kappa shape index (κ3) is 5.04. The molecule has 0 spiro atoms. The van der Waals surface area contributed by atoms with Gasteiger partial charge in [-0.05, 0) is 29.7 Å². The van der Waals surface area contributed by atoms with Gasteiger partial charge >= 0.3 is 12.3 Å². The van der Waals surface area contributed by atoms with E-state index >= 15 is 0 Å². The van der Waals surface area contributed by atoms with Gasteiger partial charge in [-0.15, -0.1) is 0 Å². The summed E-state index contributed by atoms with van der Waals surface area (Å²) in [6.45, 7) is 2.63. The molecule has 0 saturated carbocycles. The fourth-order valence-corrected chi connectivity index (χ4v) is 3.54. The average molecular weight is 392 g/mol. The van der Waals surface area contributed by atoms with Crippen molar-refractivity contribution >= 4 is 6.09 Å². The summed E-state index contributed by atoms with van der Waals surface area (Å²) in [4.78, 5) is 16.1. The minimum absolute atomic E-state index is 0.165. The zero-order chi connectivity index (χ0) is 20.1. The maximum atomic E-state index is 12.8. The molecule has 3 rings (SSSR count). The molecule has 7 heteroatoms. The molecule has 1 aliphatic heterocycles. The number of carbonyl (C=O) groups excluding carboxylic acids is 1. The van der Waals surface area contributed by atoms with Crippen molar-refractivity contribution in [1.82, 2.24) is 9.80 Å². The summed E-state index contributed by atoms with van der Waals surface area (Å²) in [5, 5.41) is 0. The minimum atomic E-state index is -4.35. The van der Waals surface area contributed by atoms with E-state index < -0.39 is 17.8 Å². The monoisotopic (exact) mass is 392 g/mol. The molecule has 0 unspecified atom stereocenters. The lowest BCUT2D eigenvalue weighted by molar-refractivity contribution is -0.137. The first-order valence-electron chi connectivity index (χ1n) is 9.14. The van der Waals surface area contributed by atoms with Crippen LogP contribution < -0.4 is 0 Å². The molecule has 1 heterocycles. The standard InChI is InChI=1S/C21H23F3N2O2/c1-28-20(27)26-12-11-25(14-17-5-3-2-4-6-17)15-19(26)13-16-7-9-18(10-8-16)21(22,23)24/h2-10,19H,11-15H2,1H3/t19-/m1/s1. The summed E-state index contributed by atoms with van der Waals surface area (Å²) in [5.41, 5.74) is 1.27. The van der Waals surface area contributed by atoms with Gasteiger partial charge in [-0.25, -0.2) is 4.79 Å². The second-order valence-corrected chi connectivity index (χ2v) is 6.94. The molecule has 150 valence electrons. The van der Waals surface area contributed by atoms with Crippen LogP contribution in [0.15, 0.2) is 54.6 Å². The highest BCUT2D eigenvalue weighted by atomic mass is 19.4. The molecule has 0 radical (unpaired) electrons. The van der Waals surface area contributed by atoms with E-state index in [0.29, 0.717) is 26.1 Å². The van der Waals surface area contributed by atoms with Gasteiger partial charge in [-0.1, -0.05) is 42.5 Å². The highest BCUT2D eigenvalue weighted by molar-refractivity contribution is 5.68. The maximum absolute atomic E-state index is 12.8. The first kappa shape index (κ1) is 20.2. The van der Waals surface area contributed by atoms with Gasteiger partial charge in [0.2, 0.25) is 0 Å². The van der Waals surface area contributed by atoms with Crippen molar-refractivity contribution in [1.29, 1.82) is 0 Å². The number of hydrogen-bond donors (Lipinski definition) is 0. The predicted molar refractivity (Wildman–Crippen MR) is 99.8 cm³/mol. The Morgan fingerprint density at radius 3 is 2.32 bits per heavy atom. The molecule has 28 heavy (non-hydrogen) atoms. The minimum Gasteiger partial charge on any atom is -0.453 e. The predicted octanol–water partition coefficient (Wildman–Crippen LogP) is 4.20. The van der Waals surface area contributed by atoms with E-state index in [-0.39, 0.29) is 6.04 Å². The number of benzene rings is 2. The molecule has 1 aliphatic rings. The van der Waals surface area contributed by atoms with E-state index in [2.05, 4.69) is 17.0 Å². The van der Waals surface area contributed by atoms with Crippen LogP contribution in [-0.2, 0) is 23.9 Å². The molecular formula is C21H23F3N2O2. The van der Waals surface area contributed by atoms with Crippen LogP contribution in [0.2, 0.25) is 0 Å². The van der Waals surface area contributed by atoms with Crippen LogP contribution >= 0.6 is 0 Å². The third-order valence-corrected chi connectivity index (χ3v) is 4.98. The van der Waals surface area contributed by atoms with Crippen molar-refractivity contribution in [3.8, 4) is 0 Å². The van der Waals surface area contributed by atoms with Crippen LogP contribution in [-0.4, -0.2) is 48.7 Å². The van der Waals surface area contributed by atoms with Gasteiger partial charge in [0.25, 0.3) is 0 Å². The van der Waals surface area contributed by atoms with Crippen molar-refractivity contribution in [3.63, 3.8) is 0 Å². The van der Waals surface area contributed by atoms with Crippen LogP contribution in [0.25, 0.3) is 0 Å². The molecule has 2 aromatic rings. The number of rotatable bonds is 4. The molecule has 1 atom stereocenters. The van der Waals surface area contributed by atoms with Crippen LogP contribution in [0.3, 0.4) is 0 Å². The quantitative estimate of drug-likeness (QED) is 0.782. The fraction of sp³-hybridized carbons (Fsp3) is 0.381. The Hall–Kier alpha value is -2.54. The number of alkyl halides is 3. The second-order valence-electron chi connectivity index (χ2n) is 6.94. The van der Waals surface area contributed by atoms with Crippen molar-refractivity contribution < 1.29 is 22.7 Å². The molecule has 4 nitrogen and oxygen atoms in total. The first-order chi connectivity index (χ1) is 13.4. The summed E-state index contributed by atoms with van der Waals surface area (Å²) < 4.78 is 43.2. The number of nitrogens with zero attached hydrogens (tertiary/aromatic N) is 2. The highest BCUT2D eigenvalue weighted by Gasteiger charge is 2.32. The number of halogens is 3. The van der Waals surface area contributed by atoms with Crippen molar-refractivity contribution in [2.75, 3.05) is 26.7 Å². The molecule has 0 aliphatic carbocycles. The average Bonchev–Trinajstić information content (AvgIpc) is 2.68. The Morgan fingerprint density at radius 2 is 1.71 bits per heavy atom. The molecule has 0 bridgehead atoms. The lowest BCUT2D eigenvalue weighted by Gasteiger charge is -2.40. The van der Waals surface area contributed by atoms with E-state index in [0.717, 1.165) is 24.2 Å². The molecular weight excluding hydrogens is 369 g/mol. The molecule has 0 aromatic heterocycles. The van der Waals surface area contributed by atoms with E-state index in [1.54, 1.807) is 4.90 Å². The van der Waals surface area contributed by atoms with Crippen LogP contribution in [0.5, 0.6) is 0 Å². The van der Waals surface area contributed by atoms with Gasteiger partial charge < -0.3 is 9.64 Å². The van der Waals surface area contributed by atoms with Crippen molar-refractivity contribution in [2.45, 2.75) is 25.2 Å². The summed E-state index contributed by atoms with van der Waals surface area (Å²) in [6, 6.07) is 15.0. The number of amides is 1. The van der Waals surface area contributed by atoms with E-state index in [1.807, 2.05) is 18.2 Å². The summed E-state index contributed by atoms with van der Waals surface area (Å²) in [5.74, 6) is 0. The van der Waals surface area contributed by atoms with Gasteiger partial charge in [0.05, 0.1) is 18.7 Å². The SMILES string of the molecule is COC(=O)N1CCN(Cc2ccccc2)C[C@H]1Cc1ccc(C(F)(F)F)cc1. The molecule has 2 aromatic carbocycles. The number of hydrogen-bond acceptors (Lipinski definition) is 3. The van der Waals surface area contributed by atoms with E-state index in [4.69, 9.17) is 4.74 Å². The Bertz CT molecular complexity index is 778. The van der Waals surface area contributed by atoms with Gasteiger partial charge in [-0.3, -0.25) is 4.90 Å². The van der Waals surface area contributed by atoms with Crippen molar-refractivity contribution in [3.05, 3.63) is 71.3 Å². The fourth-order valence-electron chi connectivity index (χ4n) is 3.54. The number of carbonyl (C=O) groups is 1. The second kappa shape index (κ2) is 8.65. The van der Waals surface area contributed by atoms with E-state index in [1.165, 1.54) is 24.8 Å². The number of ether oxygens (including phenoxy) is 1. The van der Waals surface area contributed by atoms with Crippen molar-refractivity contribution in [2.24, 2.45) is 0 Å². The smallest absolute Gasteiger partial charge is 0.416 e. The zero-order valence-electron chi connectivity index (χ0n) is 15.7. The van der Waals surface area contributed by atoms with Gasteiger partial charge in [0.15, 0.2) is 0 Å². The number of piperazine rings is 1. The largest absolute Gasteiger partial charge is 0.453 e. The highest BCUT2D eigenvalue weighted by Crippen LogP contribution is 2.29. The zero-order valence-corrected chi connectivity index (χ0v) is 15.7. The van der Waals surface area contributed by atoms with Crippen LogP contribution in [0, 0.1) is 0 Å². The Balaban J connectivity index is 1.72. The molecule has 0 N–H and O–H groups in total. The Labute approximate surface area is 162 Å². The normalized spacial score (nSPS) is 18.1. The Kier molecular flexibility index (Phi) is 6.24. The maximum Gasteiger partial charge on any atom is 0.416 e. The van der Waals surface area contributed by atoms with Crippen LogP contribution in [0.1, 0.15) is 16.7 Å². The molecule has 1 saturated heterocycles. The Morgan fingerprint density at radius 1 is 1.04 bits per heavy atom. The van der Waals surface area contributed by atoms with Gasteiger partial charge in [0, 0.05) is 26.2 Å². The number of methoxy groups -OCH3 is 1. The van der Waals surface area contributed by atoms with Crippen LogP contribution in [0.4, 0.5) is 18.0 Å². The topological polar surface area (TPSA) is 32.8 Å². The van der Waals surface area contributed by atoms with E-state index in [9.17, 15) is 18.0 Å². The molecule has 1 amide bonds. The lowest BCUT2D eigenvalue weighted by atomic mass is 10.0. The summed E-state index contributed by atoms with van der Waals surface area (Å²) in [6.07, 6.45) is -4.29. The lowest BCUT2D eigenvalue weighted by Crippen LogP contribution is -2.55. The first-order valence-corrected chi connectivity index (χ1v) is 9.14. The summed E-state index contributed by atoms with van der Waals surface area (Å²) >= 11 is 0. The molecule has 1 fully saturated rings. The van der Waals surface area contributed by atoms with Gasteiger partial charge in [0.1, 0.15) is 0 Å². The third-order valence-electron chi connectivity index (χ3n) is 4.98. The van der Waals surface area contributed by atoms with Gasteiger partial charge in [-0.2, -0.15) is 13.2 Å². The summed E-state index contributed by atoms with van der Waals surface area (Å²) in [7, 11) is 1.34.